The van der Waals surface area contributed by atoms with E-state index in [1.165, 1.54) is 38.9 Å². The third-order valence-corrected chi connectivity index (χ3v) is 9.30. The number of nitrogens with zero attached hydrogens (tertiary/aromatic N) is 2. The van der Waals surface area contributed by atoms with Gasteiger partial charge in [0.1, 0.15) is 11.8 Å². The Hall–Kier alpha value is -1.86. The first-order valence-corrected chi connectivity index (χ1v) is 11.5. The molecule has 4 heteroatoms. The van der Waals surface area contributed by atoms with Crippen molar-refractivity contribution in [3.8, 4) is 17.8 Å². The van der Waals surface area contributed by atoms with Gasteiger partial charge >= 0.3 is 0 Å². The van der Waals surface area contributed by atoms with E-state index in [9.17, 15) is 4.79 Å². The zero-order chi connectivity index (χ0) is 19.7. The highest BCUT2D eigenvalue weighted by atomic mass is 16.5. The van der Waals surface area contributed by atoms with E-state index in [4.69, 9.17) is 4.74 Å². The number of carbonyl (C=O) groups excluding carboxylic acids is 1. The van der Waals surface area contributed by atoms with E-state index in [0.29, 0.717) is 47.3 Å². The Labute approximate surface area is 173 Å². The van der Waals surface area contributed by atoms with Gasteiger partial charge in [-0.3, -0.25) is 4.79 Å². The van der Waals surface area contributed by atoms with Gasteiger partial charge in [0.15, 0.2) is 11.5 Å². The summed E-state index contributed by atoms with van der Waals surface area (Å²) >= 11 is 0. The minimum absolute atomic E-state index is 0.151. The molecule has 152 valence electrons. The molecule has 0 radical (unpaired) electrons. The maximum Gasteiger partial charge on any atom is 0.184 e. The van der Waals surface area contributed by atoms with Crippen LogP contribution in [0.1, 0.15) is 49.2 Å². The van der Waals surface area contributed by atoms with Crippen molar-refractivity contribution >= 4 is 5.78 Å². The number of Topliss-reactive ketones (excluding diaryl/α,β-unsaturated/α-hetero) is 1. The number of rotatable bonds is 3. The summed E-state index contributed by atoms with van der Waals surface area (Å²) in [5.41, 5.74) is 1.64. The molecular formula is C25H30N2O2. The van der Waals surface area contributed by atoms with Crippen molar-refractivity contribution in [2.75, 3.05) is 19.6 Å². The molecule has 7 rings (SSSR count). The molecule has 0 amide bonds. The van der Waals surface area contributed by atoms with Crippen LogP contribution in [0.5, 0.6) is 5.75 Å². The number of carbonyl (C=O) groups is 1. The SMILES string of the molecule is CC1C(C)C2C1C[C@@H](C1CN3CCC1CC3)C2C(=O)c1cc2c(cn1)OC#CC2. The van der Waals surface area contributed by atoms with Gasteiger partial charge in [0.05, 0.1) is 6.20 Å². The molecule has 29 heavy (non-hydrogen) atoms. The predicted octanol–water partition coefficient (Wildman–Crippen LogP) is 3.66. The Balaban J connectivity index is 1.33. The Bertz CT molecular complexity index is 907. The quantitative estimate of drug-likeness (QED) is 0.584. The number of hydrogen-bond donors (Lipinski definition) is 0. The summed E-state index contributed by atoms with van der Waals surface area (Å²) < 4.78 is 5.37. The lowest BCUT2D eigenvalue weighted by atomic mass is 9.56. The first kappa shape index (κ1) is 18.0. The van der Waals surface area contributed by atoms with Crippen molar-refractivity contribution in [2.45, 2.75) is 39.5 Å². The third kappa shape index (κ3) is 2.63. The number of ether oxygens (including phenoxy) is 1. The van der Waals surface area contributed by atoms with E-state index in [2.05, 4.69) is 35.8 Å². The van der Waals surface area contributed by atoms with Gasteiger partial charge in [-0.1, -0.05) is 19.8 Å². The van der Waals surface area contributed by atoms with E-state index >= 15 is 0 Å². The van der Waals surface area contributed by atoms with Gasteiger partial charge in [0.2, 0.25) is 0 Å². The van der Waals surface area contributed by atoms with Gasteiger partial charge in [-0.05, 0) is 79.8 Å². The number of fused-ring (bicyclic) bond motifs is 5. The zero-order valence-corrected chi connectivity index (χ0v) is 17.4. The first-order chi connectivity index (χ1) is 14.1. The van der Waals surface area contributed by atoms with Crippen molar-refractivity contribution in [2.24, 2.45) is 47.3 Å². The second-order valence-electron chi connectivity index (χ2n) is 10.3. The van der Waals surface area contributed by atoms with Crippen LogP contribution >= 0.6 is 0 Å². The number of piperidine rings is 3. The van der Waals surface area contributed by atoms with E-state index < -0.39 is 0 Å². The molecule has 4 nitrogen and oxygen atoms in total. The van der Waals surface area contributed by atoms with Crippen molar-refractivity contribution < 1.29 is 9.53 Å². The van der Waals surface area contributed by atoms with Crippen LogP contribution in [0.25, 0.3) is 0 Å². The lowest BCUT2D eigenvalue weighted by Crippen LogP contribution is -2.51. The maximum atomic E-state index is 13.9. The average Bonchev–Trinajstić information content (AvgIpc) is 3.15. The number of aromatic nitrogens is 1. The van der Waals surface area contributed by atoms with E-state index in [-0.39, 0.29) is 5.92 Å². The summed E-state index contributed by atoms with van der Waals surface area (Å²) in [6.07, 6.45) is 8.92. The topological polar surface area (TPSA) is 42.4 Å². The monoisotopic (exact) mass is 390 g/mol. The van der Waals surface area contributed by atoms with Crippen LogP contribution in [0.3, 0.4) is 0 Å². The van der Waals surface area contributed by atoms with Crippen molar-refractivity contribution in [1.29, 1.82) is 0 Å². The summed E-state index contributed by atoms with van der Waals surface area (Å²) in [6.45, 7) is 8.51. The summed E-state index contributed by atoms with van der Waals surface area (Å²) in [7, 11) is 0. The fourth-order valence-electron chi connectivity index (χ4n) is 7.60. The molecular weight excluding hydrogens is 360 g/mol. The smallest absolute Gasteiger partial charge is 0.184 e. The molecule has 5 fully saturated rings. The molecule has 0 spiro atoms. The fourth-order valence-corrected chi connectivity index (χ4v) is 7.60. The maximum absolute atomic E-state index is 13.9. The van der Waals surface area contributed by atoms with Crippen LogP contribution in [0.15, 0.2) is 12.3 Å². The molecule has 5 heterocycles. The molecule has 2 aliphatic carbocycles. The Morgan fingerprint density at radius 2 is 2.00 bits per heavy atom. The molecule has 7 atom stereocenters. The molecule has 1 aromatic rings. The zero-order valence-electron chi connectivity index (χ0n) is 17.4. The van der Waals surface area contributed by atoms with Crippen LogP contribution in [0.4, 0.5) is 0 Å². The second-order valence-corrected chi connectivity index (χ2v) is 10.3. The molecule has 4 aliphatic heterocycles. The van der Waals surface area contributed by atoms with Crippen molar-refractivity contribution in [3.05, 3.63) is 23.5 Å². The first-order valence-electron chi connectivity index (χ1n) is 11.5. The second kappa shape index (κ2) is 6.57. The molecule has 3 saturated heterocycles. The van der Waals surface area contributed by atoms with Crippen LogP contribution in [-0.4, -0.2) is 35.3 Å². The standard InChI is InChI=1S/C25H30N2O2/c1-14-15(2)23-18(14)11-19(20-13-27-7-5-16(20)6-8-27)24(23)25(28)21-10-17-4-3-9-29-22(17)12-26-21/h10,12,14-16,18-20,23-24H,4-8,11,13H2,1-2H3/t14?,15?,18?,19-,20?,23?,24?/m0/s1. The fraction of sp³-hybridized carbons (Fsp3) is 0.680. The number of hydrogen-bond acceptors (Lipinski definition) is 4. The third-order valence-electron chi connectivity index (χ3n) is 9.30. The van der Waals surface area contributed by atoms with Gasteiger partial charge in [-0.25, -0.2) is 4.98 Å². The highest BCUT2D eigenvalue weighted by Crippen LogP contribution is 2.63. The predicted molar refractivity (Wildman–Crippen MR) is 110 cm³/mol. The molecule has 6 unspecified atom stereocenters. The Morgan fingerprint density at radius 1 is 1.17 bits per heavy atom. The lowest BCUT2D eigenvalue weighted by Gasteiger charge is -2.49. The van der Waals surface area contributed by atoms with Gasteiger partial charge < -0.3 is 9.64 Å². The van der Waals surface area contributed by atoms with E-state index in [1.807, 2.05) is 6.07 Å². The lowest BCUT2D eigenvalue weighted by molar-refractivity contribution is -0.00608. The highest BCUT2D eigenvalue weighted by Gasteiger charge is 2.61. The Kier molecular flexibility index (Phi) is 4.07. The molecule has 1 aromatic heterocycles. The molecule has 2 bridgehead atoms. The average molecular weight is 391 g/mol. The van der Waals surface area contributed by atoms with Gasteiger partial charge in [-0.15, -0.1) is 0 Å². The largest absolute Gasteiger partial charge is 0.406 e. The molecule has 2 saturated carbocycles. The van der Waals surface area contributed by atoms with Crippen LogP contribution < -0.4 is 4.74 Å². The van der Waals surface area contributed by atoms with Crippen LogP contribution in [-0.2, 0) is 6.42 Å². The number of ketones is 1. The van der Waals surface area contributed by atoms with Crippen molar-refractivity contribution in [3.63, 3.8) is 0 Å². The van der Waals surface area contributed by atoms with Gasteiger partial charge in [0.25, 0.3) is 0 Å². The normalized spacial score (nSPS) is 44.0. The van der Waals surface area contributed by atoms with E-state index in [0.717, 1.165) is 23.3 Å². The Morgan fingerprint density at radius 3 is 2.76 bits per heavy atom. The highest BCUT2D eigenvalue weighted by molar-refractivity contribution is 5.97. The van der Waals surface area contributed by atoms with E-state index in [1.54, 1.807) is 6.20 Å². The summed E-state index contributed by atoms with van der Waals surface area (Å²) in [6, 6.07) is 1.96. The minimum atomic E-state index is 0.151. The molecule has 6 aliphatic rings. The summed E-state index contributed by atoms with van der Waals surface area (Å²) in [5.74, 6) is 8.86. The van der Waals surface area contributed by atoms with Gasteiger partial charge in [-0.2, -0.15) is 0 Å². The summed E-state index contributed by atoms with van der Waals surface area (Å²) in [5, 5.41) is 0. The molecule has 0 aromatic carbocycles. The van der Waals surface area contributed by atoms with Crippen molar-refractivity contribution in [1.82, 2.24) is 9.88 Å². The summed E-state index contributed by atoms with van der Waals surface area (Å²) in [4.78, 5) is 21.1. The minimum Gasteiger partial charge on any atom is -0.406 e. The number of pyridine rings is 1. The van der Waals surface area contributed by atoms with Crippen LogP contribution in [0.2, 0.25) is 0 Å². The molecule has 0 N–H and O–H groups in total. The van der Waals surface area contributed by atoms with Gasteiger partial charge in [0, 0.05) is 24.4 Å². The van der Waals surface area contributed by atoms with Crippen LogP contribution in [0, 0.1) is 59.4 Å².